The Bertz CT molecular complexity index is 735. The average molecular weight is 253 g/mol. The first kappa shape index (κ1) is 11.4. The van der Waals surface area contributed by atoms with E-state index in [1.165, 1.54) is 0 Å². The van der Waals surface area contributed by atoms with E-state index in [9.17, 15) is 4.79 Å². The maximum absolute atomic E-state index is 10.9. The fourth-order valence-corrected chi connectivity index (χ4v) is 2.01. The van der Waals surface area contributed by atoms with Crippen LogP contribution in [0.15, 0.2) is 49.1 Å². The highest BCUT2D eigenvalue weighted by Crippen LogP contribution is 2.16. The van der Waals surface area contributed by atoms with E-state index in [1.54, 1.807) is 36.9 Å². The van der Waals surface area contributed by atoms with Crippen LogP contribution in [0.3, 0.4) is 0 Å². The summed E-state index contributed by atoms with van der Waals surface area (Å²) in [5.41, 5.74) is 2.92. The van der Waals surface area contributed by atoms with Crippen LogP contribution in [0.4, 0.5) is 0 Å². The lowest BCUT2D eigenvalue weighted by molar-refractivity contribution is 0.0697. The van der Waals surface area contributed by atoms with E-state index < -0.39 is 5.97 Å². The Labute approximate surface area is 109 Å². The highest BCUT2D eigenvalue weighted by molar-refractivity contribution is 5.92. The van der Waals surface area contributed by atoms with Crippen molar-refractivity contribution in [2.24, 2.45) is 0 Å². The number of carbonyl (C=O) groups is 1. The van der Waals surface area contributed by atoms with Crippen molar-refractivity contribution < 1.29 is 9.90 Å². The number of fused-ring (bicyclic) bond motifs is 1. The number of aromatic carboxylic acids is 1. The van der Waals surface area contributed by atoms with Crippen LogP contribution in [0.5, 0.6) is 0 Å². The summed E-state index contributed by atoms with van der Waals surface area (Å²) in [7, 11) is 0. The van der Waals surface area contributed by atoms with E-state index in [-0.39, 0.29) is 5.56 Å². The molecular formula is C14H11N3O2. The smallest absolute Gasteiger partial charge is 0.335 e. The van der Waals surface area contributed by atoms with Gasteiger partial charge in [0.2, 0.25) is 0 Å². The molecule has 0 saturated heterocycles. The molecule has 3 aromatic rings. The molecule has 0 fully saturated rings. The Morgan fingerprint density at radius 2 is 2.21 bits per heavy atom. The number of hydrogen-bond acceptors (Lipinski definition) is 3. The Morgan fingerprint density at radius 1 is 1.32 bits per heavy atom. The minimum Gasteiger partial charge on any atom is -0.478 e. The molecule has 0 spiro atoms. The van der Waals surface area contributed by atoms with Gasteiger partial charge in [-0.25, -0.2) is 9.78 Å². The molecule has 0 aliphatic heterocycles. The van der Waals surface area contributed by atoms with Crippen LogP contribution >= 0.6 is 0 Å². The van der Waals surface area contributed by atoms with Crippen LogP contribution in [0.2, 0.25) is 0 Å². The summed E-state index contributed by atoms with van der Waals surface area (Å²) in [6, 6.07) is 8.83. The van der Waals surface area contributed by atoms with Crippen LogP contribution in [-0.4, -0.2) is 25.6 Å². The summed E-state index contributed by atoms with van der Waals surface area (Å²) >= 11 is 0. The van der Waals surface area contributed by atoms with Gasteiger partial charge < -0.3 is 9.67 Å². The summed E-state index contributed by atoms with van der Waals surface area (Å²) in [6.45, 7) is 0.663. The standard InChI is InChI=1S/C14H11N3O2/c18-14(19)11-3-4-13-12(6-11)16-9-17(13)8-10-2-1-5-15-7-10/h1-7,9H,8H2,(H,18,19). The lowest BCUT2D eigenvalue weighted by atomic mass is 10.2. The first-order valence-corrected chi connectivity index (χ1v) is 5.81. The van der Waals surface area contributed by atoms with Gasteiger partial charge in [-0.1, -0.05) is 6.07 Å². The van der Waals surface area contributed by atoms with Crippen LogP contribution in [0.25, 0.3) is 11.0 Å². The fraction of sp³-hybridized carbons (Fsp3) is 0.0714. The summed E-state index contributed by atoms with van der Waals surface area (Å²) in [5, 5.41) is 8.94. The molecule has 0 aliphatic carbocycles. The van der Waals surface area contributed by atoms with Gasteiger partial charge in [0.25, 0.3) is 0 Å². The molecule has 0 bridgehead atoms. The Morgan fingerprint density at radius 3 is 2.95 bits per heavy atom. The lowest BCUT2D eigenvalue weighted by Gasteiger charge is -2.04. The van der Waals surface area contributed by atoms with Crippen LogP contribution < -0.4 is 0 Å². The van der Waals surface area contributed by atoms with Gasteiger partial charge in [0.15, 0.2) is 0 Å². The maximum atomic E-state index is 10.9. The summed E-state index contributed by atoms with van der Waals surface area (Å²) in [4.78, 5) is 19.2. The van der Waals surface area contributed by atoms with Crippen molar-refractivity contribution in [3.63, 3.8) is 0 Å². The average Bonchev–Trinajstić information content (AvgIpc) is 2.82. The van der Waals surface area contributed by atoms with Crippen molar-refractivity contribution >= 4 is 17.0 Å². The molecule has 2 aromatic heterocycles. The van der Waals surface area contributed by atoms with Gasteiger partial charge in [-0.15, -0.1) is 0 Å². The molecule has 0 unspecified atom stereocenters. The van der Waals surface area contributed by atoms with E-state index in [0.717, 1.165) is 11.1 Å². The lowest BCUT2D eigenvalue weighted by Crippen LogP contribution is -1.99. The summed E-state index contributed by atoms with van der Waals surface area (Å²) < 4.78 is 1.97. The number of benzene rings is 1. The van der Waals surface area contributed by atoms with Crippen molar-refractivity contribution in [2.75, 3.05) is 0 Å². The Kier molecular flexibility index (Phi) is 2.72. The van der Waals surface area contributed by atoms with Gasteiger partial charge in [-0.2, -0.15) is 0 Å². The zero-order valence-corrected chi connectivity index (χ0v) is 10.0. The largest absolute Gasteiger partial charge is 0.478 e. The quantitative estimate of drug-likeness (QED) is 0.776. The van der Waals surface area contributed by atoms with Crippen molar-refractivity contribution in [1.82, 2.24) is 14.5 Å². The molecular weight excluding hydrogens is 242 g/mol. The molecule has 5 heteroatoms. The molecule has 19 heavy (non-hydrogen) atoms. The van der Waals surface area contributed by atoms with Gasteiger partial charge in [0.1, 0.15) is 0 Å². The maximum Gasteiger partial charge on any atom is 0.335 e. The molecule has 94 valence electrons. The summed E-state index contributed by atoms with van der Waals surface area (Å²) in [6.07, 6.45) is 5.25. The third kappa shape index (κ3) is 2.18. The van der Waals surface area contributed by atoms with Gasteiger partial charge in [-0.3, -0.25) is 4.98 Å². The minimum atomic E-state index is -0.941. The van der Waals surface area contributed by atoms with E-state index in [2.05, 4.69) is 9.97 Å². The van der Waals surface area contributed by atoms with Crippen molar-refractivity contribution in [3.05, 3.63) is 60.2 Å². The second-order valence-corrected chi connectivity index (χ2v) is 4.24. The first-order chi connectivity index (χ1) is 9.24. The number of imidazole rings is 1. The number of pyridine rings is 1. The highest BCUT2D eigenvalue weighted by Gasteiger charge is 2.07. The second-order valence-electron chi connectivity index (χ2n) is 4.24. The predicted molar refractivity (Wildman–Crippen MR) is 70.0 cm³/mol. The zero-order chi connectivity index (χ0) is 13.2. The number of carboxylic acids is 1. The monoisotopic (exact) mass is 253 g/mol. The number of aromatic nitrogens is 3. The minimum absolute atomic E-state index is 0.249. The van der Waals surface area contributed by atoms with Gasteiger partial charge in [0, 0.05) is 12.4 Å². The van der Waals surface area contributed by atoms with E-state index in [0.29, 0.717) is 12.1 Å². The molecule has 1 aromatic carbocycles. The molecule has 0 radical (unpaired) electrons. The number of hydrogen-bond donors (Lipinski definition) is 1. The Balaban J connectivity index is 1.99. The molecule has 2 heterocycles. The van der Waals surface area contributed by atoms with E-state index >= 15 is 0 Å². The topological polar surface area (TPSA) is 68.0 Å². The molecule has 1 N–H and O–H groups in total. The van der Waals surface area contributed by atoms with Crippen molar-refractivity contribution in [2.45, 2.75) is 6.54 Å². The molecule has 0 amide bonds. The molecule has 0 aliphatic rings. The summed E-state index contributed by atoms with van der Waals surface area (Å²) in [5.74, 6) is -0.941. The SMILES string of the molecule is O=C(O)c1ccc2c(c1)ncn2Cc1cccnc1. The normalized spacial score (nSPS) is 10.7. The van der Waals surface area contributed by atoms with Gasteiger partial charge in [-0.05, 0) is 29.8 Å². The van der Waals surface area contributed by atoms with Crippen molar-refractivity contribution in [3.8, 4) is 0 Å². The number of carboxylic acid groups (broad SMARTS) is 1. The predicted octanol–water partition coefficient (Wildman–Crippen LogP) is 2.18. The van der Waals surface area contributed by atoms with Gasteiger partial charge >= 0.3 is 5.97 Å². The molecule has 5 nitrogen and oxygen atoms in total. The van der Waals surface area contributed by atoms with E-state index in [1.807, 2.05) is 16.7 Å². The third-order valence-electron chi connectivity index (χ3n) is 2.94. The molecule has 3 rings (SSSR count). The van der Waals surface area contributed by atoms with Crippen molar-refractivity contribution in [1.29, 1.82) is 0 Å². The fourth-order valence-electron chi connectivity index (χ4n) is 2.01. The van der Waals surface area contributed by atoms with Crippen LogP contribution in [0, 0.1) is 0 Å². The number of rotatable bonds is 3. The third-order valence-corrected chi connectivity index (χ3v) is 2.94. The second kappa shape index (κ2) is 4.53. The number of nitrogens with zero attached hydrogens (tertiary/aromatic N) is 3. The van der Waals surface area contributed by atoms with Crippen LogP contribution in [0.1, 0.15) is 15.9 Å². The van der Waals surface area contributed by atoms with Crippen LogP contribution in [-0.2, 0) is 6.54 Å². The highest BCUT2D eigenvalue weighted by atomic mass is 16.4. The first-order valence-electron chi connectivity index (χ1n) is 5.81. The van der Waals surface area contributed by atoms with Gasteiger partial charge in [0.05, 0.1) is 29.5 Å². The Hall–Kier alpha value is -2.69. The zero-order valence-electron chi connectivity index (χ0n) is 10.0. The molecule has 0 atom stereocenters. The molecule has 0 saturated carbocycles. The van der Waals surface area contributed by atoms with E-state index in [4.69, 9.17) is 5.11 Å².